The van der Waals surface area contributed by atoms with Crippen LogP contribution in [0, 0.1) is 6.92 Å². The van der Waals surface area contributed by atoms with Gasteiger partial charge in [0.2, 0.25) is 0 Å². The quantitative estimate of drug-likeness (QED) is 0.732. The van der Waals surface area contributed by atoms with Crippen molar-refractivity contribution in [3.8, 4) is 0 Å². The summed E-state index contributed by atoms with van der Waals surface area (Å²) in [6.45, 7) is 0.848. The van der Waals surface area contributed by atoms with Gasteiger partial charge in [0.1, 0.15) is 0 Å². The van der Waals surface area contributed by atoms with E-state index in [0.29, 0.717) is 0 Å². The van der Waals surface area contributed by atoms with E-state index in [0.717, 1.165) is 6.07 Å². The highest BCUT2D eigenvalue weighted by Crippen LogP contribution is 2.21. The topological polar surface area (TPSA) is 53.1 Å². The second-order valence-electron chi connectivity index (χ2n) is 2.67. The van der Waals surface area contributed by atoms with Crippen LogP contribution in [-0.4, -0.2) is 10.1 Å². The number of nitrogens with one attached hydrogen (secondary N) is 1. The Bertz CT molecular complexity index is 360. The van der Waals surface area contributed by atoms with E-state index in [1.807, 2.05) is 0 Å². The van der Waals surface area contributed by atoms with Crippen LogP contribution in [-0.2, 0) is 6.61 Å². The van der Waals surface area contributed by atoms with Gasteiger partial charge < -0.3 is 10.1 Å². The highest BCUT2D eigenvalue weighted by molar-refractivity contribution is 5.25. The van der Waals surface area contributed by atoms with Crippen molar-refractivity contribution >= 4 is 0 Å². The third-order valence-electron chi connectivity index (χ3n) is 1.74. The number of halogens is 2. The van der Waals surface area contributed by atoms with E-state index in [2.05, 4.69) is 4.98 Å². The van der Waals surface area contributed by atoms with Gasteiger partial charge in [-0.15, -0.1) is 0 Å². The lowest BCUT2D eigenvalue weighted by atomic mass is 10.1. The molecule has 0 aliphatic heterocycles. The molecule has 2 N–H and O–H groups in total. The minimum absolute atomic E-state index is 0.120. The van der Waals surface area contributed by atoms with Crippen molar-refractivity contribution in [3.05, 3.63) is 33.2 Å². The minimum atomic E-state index is -2.68. The van der Waals surface area contributed by atoms with Gasteiger partial charge >= 0.3 is 0 Å². The molecule has 13 heavy (non-hydrogen) atoms. The van der Waals surface area contributed by atoms with Crippen LogP contribution in [0.1, 0.15) is 23.2 Å². The fourth-order valence-electron chi connectivity index (χ4n) is 1.02. The molecule has 0 atom stereocenters. The molecule has 5 heteroatoms. The molecule has 0 spiro atoms. The number of aliphatic hydroxyl groups excluding tert-OH is 1. The predicted octanol–water partition coefficient (Wildman–Crippen LogP) is 1.11. The molecule has 0 unspecified atom stereocenters. The number of pyridine rings is 1. The van der Waals surface area contributed by atoms with Gasteiger partial charge in [-0.2, -0.15) is 0 Å². The van der Waals surface area contributed by atoms with Gasteiger partial charge in [-0.05, 0) is 13.0 Å². The van der Waals surface area contributed by atoms with Crippen LogP contribution in [0.4, 0.5) is 8.78 Å². The zero-order chi connectivity index (χ0) is 10.0. The molecule has 1 aromatic rings. The van der Waals surface area contributed by atoms with E-state index >= 15 is 0 Å². The molecule has 1 rings (SSSR count). The molecule has 1 heterocycles. The number of aromatic nitrogens is 1. The van der Waals surface area contributed by atoms with Gasteiger partial charge in [-0.1, -0.05) is 0 Å². The van der Waals surface area contributed by atoms with E-state index in [1.54, 1.807) is 0 Å². The van der Waals surface area contributed by atoms with Gasteiger partial charge in [0, 0.05) is 11.1 Å². The minimum Gasteiger partial charge on any atom is -0.390 e. The van der Waals surface area contributed by atoms with E-state index in [4.69, 9.17) is 5.11 Å². The molecule has 72 valence electrons. The smallest absolute Gasteiger partial charge is 0.265 e. The SMILES string of the molecule is Cc1cc(C(F)F)c(CO)[nH]c1=O. The summed E-state index contributed by atoms with van der Waals surface area (Å²) in [5.41, 5.74) is -0.675. The lowest BCUT2D eigenvalue weighted by Crippen LogP contribution is -2.14. The van der Waals surface area contributed by atoms with Crippen LogP contribution in [0.2, 0.25) is 0 Å². The number of hydrogen-bond donors (Lipinski definition) is 2. The number of H-pyrrole nitrogens is 1. The van der Waals surface area contributed by atoms with Crippen LogP contribution >= 0.6 is 0 Å². The van der Waals surface area contributed by atoms with Crippen molar-refractivity contribution in [3.63, 3.8) is 0 Å². The number of alkyl halides is 2. The molecular formula is C8H9F2NO2. The molecular weight excluding hydrogens is 180 g/mol. The summed E-state index contributed by atoms with van der Waals surface area (Å²) >= 11 is 0. The first-order chi connectivity index (χ1) is 6.06. The lowest BCUT2D eigenvalue weighted by molar-refractivity contribution is 0.146. The second kappa shape index (κ2) is 3.66. The second-order valence-corrected chi connectivity index (χ2v) is 2.67. The predicted molar refractivity (Wildman–Crippen MR) is 42.7 cm³/mol. The number of aromatic amines is 1. The van der Waals surface area contributed by atoms with Crippen LogP contribution in [0.3, 0.4) is 0 Å². The Labute approximate surface area is 73.0 Å². The fraction of sp³-hybridized carbons (Fsp3) is 0.375. The third kappa shape index (κ3) is 1.92. The number of aliphatic hydroxyl groups is 1. The maximum atomic E-state index is 12.3. The highest BCUT2D eigenvalue weighted by atomic mass is 19.3. The average molecular weight is 189 g/mol. The molecule has 0 bridgehead atoms. The molecule has 1 aromatic heterocycles. The molecule has 0 saturated carbocycles. The van der Waals surface area contributed by atoms with E-state index in [9.17, 15) is 13.6 Å². The van der Waals surface area contributed by atoms with Crippen molar-refractivity contribution in [2.24, 2.45) is 0 Å². The summed E-state index contributed by atoms with van der Waals surface area (Å²) in [5, 5.41) is 8.68. The van der Waals surface area contributed by atoms with E-state index < -0.39 is 18.6 Å². The molecule has 0 aromatic carbocycles. The Morgan fingerprint density at radius 2 is 2.23 bits per heavy atom. The molecule has 0 amide bonds. The first kappa shape index (κ1) is 9.85. The van der Waals surface area contributed by atoms with Crippen LogP contribution in [0.25, 0.3) is 0 Å². The van der Waals surface area contributed by atoms with Gasteiger partial charge in [-0.3, -0.25) is 4.79 Å². The maximum absolute atomic E-state index is 12.3. The Morgan fingerprint density at radius 3 is 2.69 bits per heavy atom. The Hall–Kier alpha value is -1.23. The molecule has 0 fully saturated rings. The number of hydrogen-bond acceptors (Lipinski definition) is 2. The summed E-state index contributed by atoms with van der Waals surface area (Å²) in [7, 11) is 0. The van der Waals surface area contributed by atoms with Crippen molar-refractivity contribution in [1.82, 2.24) is 4.98 Å². The Balaban J connectivity index is 3.33. The van der Waals surface area contributed by atoms with Gasteiger partial charge in [-0.25, -0.2) is 8.78 Å². The van der Waals surface area contributed by atoms with E-state index in [-0.39, 0.29) is 16.8 Å². The van der Waals surface area contributed by atoms with Gasteiger partial charge in [0.15, 0.2) is 0 Å². The highest BCUT2D eigenvalue weighted by Gasteiger charge is 2.14. The first-order valence-electron chi connectivity index (χ1n) is 3.68. The van der Waals surface area contributed by atoms with Crippen molar-refractivity contribution in [2.75, 3.05) is 0 Å². The third-order valence-corrected chi connectivity index (χ3v) is 1.74. The first-order valence-corrected chi connectivity index (χ1v) is 3.68. The fourth-order valence-corrected chi connectivity index (χ4v) is 1.02. The standard InChI is InChI=1S/C8H9F2NO2/c1-4-2-5(7(9)10)6(3-12)11-8(4)13/h2,7,12H,3H2,1H3,(H,11,13). The van der Waals surface area contributed by atoms with Crippen molar-refractivity contribution in [2.45, 2.75) is 20.0 Å². The summed E-state index contributed by atoms with van der Waals surface area (Å²) < 4.78 is 24.6. The van der Waals surface area contributed by atoms with Crippen LogP contribution in [0.5, 0.6) is 0 Å². The molecule has 0 aliphatic rings. The lowest BCUT2D eigenvalue weighted by Gasteiger charge is -2.06. The Kier molecular flexibility index (Phi) is 2.77. The zero-order valence-electron chi connectivity index (χ0n) is 6.97. The number of aryl methyl sites for hydroxylation is 1. The summed E-state index contributed by atoms with van der Waals surface area (Å²) in [6.07, 6.45) is -2.68. The summed E-state index contributed by atoms with van der Waals surface area (Å²) in [6, 6.07) is 1.09. The molecule has 0 saturated heterocycles. The molecule has 3 nitrogen and oxygen atoms in total. The van der Waals surface area contributed by atoms with Crippen molar-refractivity contribution in [1.29, 1.82) is 0 Å². The average Bonchev–Trinajstić information content (AvgIpc) is 2.08. The van der Waals surface area contributed by atoms with Crippen LogP contribution in [0.15, 0.2) is 10.9 Å². The summed E-state index contributed by atoms with van der Waals surface area (Å²) in [5.74, 6) is 0. The summed E-state index contributed by atoms with van der Waals surface area (Å²) in [4.78, 5) is 13.2. The van der Waals surface area contributed by atoms with Gasteiger partial charge in [0.05, 0.1) is 12.3 Å². The van der Waals surface area contributed by atoms with E-state index in [1.165, 1.54) is 6.92 Å². The monoisotopic (exact) mass is 189 g/mol. The van der Waals surface area contributed by atoms with Crippen LogP contribution < -0.4 is 5.56 Å². The zero-order valence-corrected chi connectivity index (χ0v) is 6.97. The van der Waals surface area contributed by atoms with Crippen molar-refractivity contribution < 1.29 is 13.9 Å². The maximum Gasteiger partial charge on any atom is 0.265 e. The number of rotatable bonds is 2. The van der Waals surface area contributed by atoms with Gasteiger partial charge in [0.25, 0.3) is 12.0 Å². The molecule has 0 aliphatic carbocycles. The normalized spacial score (nSPS) is 10.8. The largest absolute Gasteiger partial charge is 0.390 e. The molecule has 0 radical (unpaired) electrons. The Morgan fingerprint density at radius 1 is 1.62 bits per heavy atom.